The molecule has 0 saturated carbocycles. The van der Waals surface area contributed by atoms with Crippen molar-refractivity contribution in [2.45, 2.75) is 78.2 Å². The van der Waals surface area contributed by atoms with Gasteiger partial charge in [0.2, 0.25) is 0 Å². The highest BCUT2D eigenvalue weighted by Crippen LogP contribution is 2.13. The van der Waals surface area contributed by atoms with E-state index in [1.807, 2.05) is 0 Å². The minimum Gasteiger partial charge on any atom is -0.311 e. The second-order valence-electron chi connectivity index (χ2n) is 6.37. The largest absolute Gasteiger partial charge is 0.311 e. The minimum absolute atomic E-state index is 0.725. The molecular weight excluding hydrogens is 232 g/mol. The van der Waals surface area contributed by atoms with Gasteiger partial charge < -0.3 is 10.2 Å². The molecule has 2 atom stereocenters. The van der Waals surface area contributed by atoms with Crippen molar-refractivity contribution < 1.29 is 0 Å². The Kier molecular flexibility index (Phi) is 9.54. The highest BCUT2D eigenvalue weighted by molar-refractivity contribution is 4.81. The fraction of sp³-hybridized carbons (Fsp3) is 1.00. The summed E-state index contributed by atoms with van der Waals surface area (Å²) in [5, 5.41) is 3.68. The lowest BCUT2D eigenvalue weighted by molar-refractivity contribution is 0.166. The quantitative estimate of drug-likeness (QED) is 0.601. The summed E-state index contributed by atoms with van der Waals surface area (Å²) in [6.07, 6.45) is 11.3. The Labute approximate surface area is 121 Å². The number of hydrogen-bond acceptors (Lipinski definition) is 2. The molecule has 1 N–H and O–H groups in total. The third-order valence-electron chi connectivity index (χ3n) is 4.70. The molecule has 1 aliphatic rings. The Morgan fingerprint density at radius 2 is 1.74 bits per heavy atom. The molecule has 0 aromatic carbocycles. The normalized spacial score (nSPS) is 22.6. The highest BCUT2D eigenvalue weighted by atomic mass is 15.2. The molecule has 0 bridgehead atoms. The Hall–Kier alpha value is -0.0800. The van der Waals surface area contributed by atoms with Crippen molar-refractivity contribution in [2.24, 2.45) is 5.92 Å². The van der Waals surface area contributed by atoms with Gasteiger partial charge in [0.05, 0.1) is 0 Å². The van der Waals surface area contributed by atoms with Crippen LogP contribution in [0.1, 0.15) is 72.1 Å². The van der Waals surface area contributed by atoms with Crippen LogP contribution in [0.25, 0.3) is 0 Å². The summed E-state index contributed by atoms with van der Waals surface area (Å²) in [6, 6.07) is 0.725. The molecule has 0 aromatic heterocycles. The zero-order valence-corrected chi connectivity index (χ0v) is 13.6. The summed E-state index contributed by atoms with van der Waals surface area (Å²) >= 11 is 0. The van der Waals surface area contributed by atoms with Crippen molar-refractivity contribution in [1.29, 1.82) is 0 Å². The molecule has 1 rings (SSSR count). The fourth-order valence-electron chi connectivity index (χ4n) is 3.00. The van der Waals surface area contributed by atoms with Crippen LogP contribution >= 0.6 is 0 Å². The maximum absolute atomic E-state index is 3.68. The van der Waals surface area contributed by atoms with E-state index in [4.69, 9.17) is 0 Å². The van der Waals surface area contributed by atoms with Crippen molar-refractivity contribution in [2.75, 3.05) is 26.2 Å². The van der Waals surface area contributed by atoms with Crippen LogP contribution in [0.3, 0.4) is 0 Å². The molecule has 0 aromatic rings. The SMILES string of the molecule is CCCCCCCCCN1CCNC(C(C)CC)C1. The van der Waals surface area contributed by atoms with Crippen LogP contribution in [-0.2, 0) is 0 Å². The van der Waals surface area contributed by atoms with Gasteiger partial charge in [0.1, 0.15) is 0 Å². The first-order valence-corrected chi connectivity index (χ1v) is 8.73. The van der Waals surface area contributed by atoms with Crippen LogP contribution < -0.4 is 5.32 Å². The summed E-state index contributed by atoms with van der Waals surface area (Å²) in [4.78, 5) is 2.68. The lowest BCUT2D eigenvalue weighted by atomic mass is 9.97. The molecule has 2 heteroatoms. The van der Waals surface area contributed by atoms with Gasteiger partial charge in [-0.3, -0.25) is 0 Å². The van der Waals surface area contributed by atoms with E-state index < -0.39 is 0 Å². The maximum atomic E-state index is 3.68. The summed E-state index contributed by atoms with van der Waals surface area (Å²) < 4.78 is 0. The average molecular weight is 268 g/mol. The smallest absolute Gasteiger partial charge is 0.0221 e. The standard InChI is InChI=1S/C17H36N2/c1-4-6-7-8-9-10-11-13-19-14-12-18-17(15-19)16(3)5-2/h16-18H,4-15H2,1-3H3. The highest BCUT2D eigenvalue weighted by Gasteiger charge is 2.22. The lowest BCUT2D eigenvalue weighted by Gasteiger charge is -2.36. The Morgan fingerprint density at radius 3 is 2.42 bits per heavy atom. The summed E-state index contributed by atoms with van der Waals surface area (Å²) in [7, 11) is 0. The van der Waals surface area contributed by atoms with Crippen LogP contribution in [0.2, 0.25) is 0 Å². The second kappa shape index (κ2) is 10.7. The monoisotopic (exact) mass is 268 g/mol. The van der Waals surface area contributed by atoms with Gasteiger partial charge in [-0.15, -0.1) is 0 Å². The van der Waals surface area contributed by atoms with Crippen LogP contribution in [0.15, 0.2) is 0 Å². The first-order valence-electron chi connectivity index (χ1n) is 8.73. The number of rotatable bonds is 10. The van der Waals surface area contributed by atoms with Crippen LogP contribution in [0, 0.1) is 5.92 Å². The van der Waals surface area contributed by atoms with E-state index in [1.54, 1.807) is 0 Å². The van der Waals surface area contributed by atoms with E-state index in [0.717, 1.165) is 12.0 Å². The van der Waals surface area contributed by atoms with Gasteiger partial charge >= 0.3 is 0 Å². The predicted molar refractivity (Wildman–Crippen MR) is 85.7 cm³/mol. The number of nitrogens with one attached hydrogen (secondary N) is 1. The van der Waals surface area contributed by atoms with Crippen molar-refractivity contribution in [1.82, 2.24) is 10.2 Å². The second-order valence-corrected chi connectivity index (χ2v) is 6.37. The summed E-state index contributed by atoms with van der Waals surface area (Å²) in [6.45, 7) is 12.0. The van der Waals surface area contributed by atoms with Crippen molar-refractivity contribution in [3.8, 4) is 0 Å². The zero-order valence-electron chi connectivity index (χ0n) is 13.6. The van der Waals surface area contributed by atoms with E-state index in [-0.39, 0.29) is 0 Å². The van der Waals surface area contributed by atoms with Gasteiger partial charge in [0.25, 0.3) is 0 Å². The molecule has 1 fully saturated rings. The van der Waals surface area contributed by atoms with E-state index in [2.05, 4.69) is 31.0 Å². The molecule has 0 spiro atoms. The number of unbranched alkanes of at least 4 members (excludes halogenated alkanes) is 6. The molecular formula is C17H36N2. The van der Waals surface area contributed by atoms with E-state index >= 15 is 0 Å². The average Bonchev–Trinajstić information content (AvgIpc) is 2.46. The van der Waals surface area contributed by atoms with E-state index in [1.165, 1.54) is 77.5 Å². The van der Waals surface area contributed by atoms with Gasteiger partial charge in [-0.05, 0) is 18.9 Å². The maximum Gasteiger partial charge on any atom is 0.0221 e. The molecule has 0 amide bonds. The topological polar surface area (TPSA) is 15.3 Å². The number of hydrogen-bond donors (Lipinski definition) is 1. The van der Waals surface area contributed by atoms with Crippen molar-refractivity contribution >= 4 is 0 Å². The molecule has 1 saturated heterocycles. The molecule has 2 nitrogen and oxygen atoms in total. The van der Waals surface area contributed by atoms with Gasteiger partial charge in [-0.25, -0.2) is 0 Å². The summed E-state index contributed by atoms with van der Waals surface area (Å²) in [5.41, 5.74) is 0. The molecule has 1 aliphatic heterocycles. The fourth-order valence-corrected chi connectivity index (χ4v) is 3.00. The Bertz CT molecular complexity index is 205. The molecule has 1 heterocycles. The summed E-state index contributed by atoms with van der Waals surface area (Å²) in [5.74, 6) is 0.817. The molecule has 2 unspecified atom stereocenters. The van der Waals surface area contributed by atoms with Gasteiger partial charge in [-0.1, -0.05) is 65.7 Å². The first-order chi connectivity index (χ1) is 9.27. The molecule has 114 valence electrons. The van der Waals surface area contributed by atoms with E-state index in [9.17, 15) is 0 Å². The zero-order chi connectivity index (χ0) is 13.9. The third kappa shape index (κ3) is 7.31. The number of piperazine rings is 1. The van der Waals surface area contributed by atoms with E-state index in [0.29, 0.717) is 0 Å². The Morgan fingerprint density at radius 1 is 1.05 bits per heavy atom. The van der Waals surface area contributed by atoms with Gasteiger partial charge in [0, 0.05) is 25.7 Å². The minimum atomic E-state index is 0.725. The van der Waals surface area contributed by atoms with Gasteiger partial charge in [0.15, 0.2) is 0 Å². The predicted octanol–water partition coefficient (Wildman–Crippen LogP) is 4.06. The van der Waals surface area contributed by atoms with Crippen molar-refractivity contribution in [3.63, 3.8) is 0 Å². The van der Waals surface area contributed by atoms with Gasteiger partial charge in [-0.2, -0.15) is 0 Å². The Balaban J connectivity index is 2.02. The number of nitrogens with zero attached hydrogens (tertiary/aromatic N) is 1. The van der Waals surface area contributed by atoms with Crippen molar-refractivity contribution in [3.05, 3.63) is 0 Å². The lowest BCUT2D eigenvalue weighted by Crippen LogP contribution is -2.53. The van der Waals surface area contributed by atoms with Crippen LogP contribution in [0.4, 0.5) is 0 Å². The molecule has 0 radical (unpaired) electrons. The molecule has 0 aliphatic carbocycles. The van der Waals surface area contributed by atoms with Crippen LogP contribution in [0.5, 0.6) is 0 Å². The first kappa shape index (κ1) is 17.0. The van der Waals surface area contributed by atoms with Crippen LogP contribution in [-0.4, -0.2) is 37.1 Å². The molecule has 19 heavy (non-hydrogen) atoms. The third-order valence-corrected chi connectivity index (χ3v) is 4.70.